The second-order valence-corrected chi connectivity index (χ2v) is 24.1. The lowest BCUT2D eigenvalue weighted by Crippen LogP contribution is -2.39. The van der Waals surface area contributed by atoms with E-state index in [0.717, 1.165) is 39.4 Å². The minimum atomic E-state index is -0.616. The second kappa shape index (κ2) is 23.4. The molecule has 78 heavy (non-hydrogen) atoms. The first kappa shape index (κ1) is 54.2. The molecule has 0 radical (unpaired) electrons. The van der Waals surface area contributed by atoms with Crippen molar-refractivity contribution < 1.29 is 47.7 Å². The molecular formula is C58H61N7O10S3. The molecule has 1 saturated heterocycles. The first-order valence-corrected chi connectivity index (χ1v) is 28.8. The average molecular weight is 1110 g/mol. The summed E-state index contributed by atoms with van der Waals surface area (Å²) >= 11 is 4.14. The van der Waals surface area contributed by atoms with E-state index in [1.54, 1.807) is 50.8 Å². The predicted octanol–water partition coefficient (Wildman–Crippen LogP) is 8.98. The number of carbonyl (C=O) groups is 6. The van der Waals surface area contributed by atoms with Crippen LogP contribution in [-0.4, -0.2) is 108 Å². The molecule has 5 aromatic rings. The molecule has 0 bridgehead atoms. The first-order valence-electron chi connectivity index (χ1n) is 26.0. The Kier molecular flexibility index (Phi) is 16.3. The highest BCUT2D eigenvalue weighted by atomic mass is 33.1. The number of rotatable bonds is 21. The Balaban J connectivity index is 0.804. The third kappa shape index (κ3) is 11.8. The highest BCUT2D eigenvalue weighted by Crippen LogP contribution is 2.44. The minimum absolute atomic E-state index is 0.0431. The molecule has 0 aliphatic carbocycles. The molecule has 6 amide bonds. The van der Waals surface area contributed by atoms with Crippen molar-refractivity contribution in [2.24, 2.45) is 4.99 Å². The van der Waals surface area contributed by atoms with E-state index in [1.807, 2.05) is 71.8 Å². The number of fused-ring (bicyclic) bond motifs is 8. The molecule has 3 N–H and O–H groups in total. The number of methoxy groups -OCH3 is 2. The first-order chi connectivity index (χ1) is 37.7. The maximum atomic E-state index is 14.1. The van der Waals surface area contributed by atoms with Crippen LogP contribution < -0.4 is 44.7 Å². The number of carbonyl (C=O) groups excluding carboxylic acids is 6. The third-order valence-electron chi connectivity index (χ3n) is 14.4. The zero-order valence-corrected chi connectivity index (χ0v) is 46.3. The van der Waals surface area contributed by atoms with Gasteiger partial charge in [-0.05, 0) is 97.8 Å². The molecule has 20 heteroatoms. The van der Waals surface area contributed by atoms with E-state index in [-0.39, 0.29) is 91.4 Å². The highest BCUT2D eigenvalue weighted by Gasteiger charge is 2.39. The number of nitrogens with one attached hydrogen (secondary N) is 3. The van der Waals surface area contributed by atoms with Crippen LogP contribution in [0.5, 0.6) is 23.0 Å². The Labute approximate surface area is 466 Å². The van der Waals surface area contributed by atoms with Crippen molar-refractivity contribution in [3.05, 3.63) is 124 Å². The molecule has 3 atom stereocenters. The Morgan fingerprint density at radius 3 is 2.12 bits per heavy atom. The molecular weight excluding hydrogens is 1050 g/mol. The average Bonchev–Trinajstić information content (AvgIpc) is 4.20. The fraction of sp³-hybridized carbons (Fsp3) is 0.362. The lowest BCUT2D eigenvalue weighted by Gasteiger charge is -2.23. The molecule has 1 unspecified atom stereocenters. The summed E-state index contributed by atoms with van der Waals surface area (Å²) in [5.74, 6) is 1.07. The van der Waals surface area contributed by atoms with Crippen molar-refractivity contribution in [2.45, 2.75) is 94.1 Å². The monoisotopic (exact) mass is 1110 g/mol. The number of hydrogen-bond acceptors (Lipinski definition) is 15. The number of aliphatic imine (C=N–C) groups is 1. The van der Waals surface area contributed by atoms with Gasteiger partial charge < -0.3 is 39.8 Å². The van der Waals surface area contributed by atoms with Crippen LogP contribution in [0.2, 0.25) is 0 Å². The van der Waals surface area contributed by atoms with Crippen LogP contribution in [-0.2, 0) is 45.2 Å². The van der Waals surface area contributed by atoms with Crippen LogP contribution in [0.1, 0.15) is 88.9 Å². The van der Waals surface area contributed by atoms with Crippen LogP contribution in [0.4, 0.5) is 28.4 Å². The molecule has 5 aliphatic heterocycles. The van der Waals surface area contributed by atoms with Gasteiger partial charge in [-0.1, -0.05) is 58.0 Å². The molecule has 5 aromatic carbocycles. The zero-order valence-electron chi connectivity index (χ0n) is 43.8. The third-order valence-corrected chi connectivity index (χ3v) is 18.2. The molecule has 10 rings (SSSR count). The Morgan fingerprint density at radius 2 is 1.42 bits per heavy atom. The molecule has 5 heterocycles. The Hall–Kier alpha value is -7.16. The summed E-state index contributed by atoms with van der Waals surface area (Å²) in [6.45, 7) is 5.18. The highest BCUT2D eigenvalue weighted by molar-refractivity contribution is 8.77. The van der Waals surface area contributed by atoms with Gasteiger partial charge in [-0.25, -0.2) is 0 Å². The van der Waals surface area contributed by atoms with Crippen LogP contribution in [0, 0.1) is 0 Å². The van der Waals surface area contributed by atoms with E-state index >= 15 is 0 Å². The van der Waals surface area contributed by atoms with Gasteiger partial charge in [0.2, 0.25) is 23.6 Å². The van der Waals surface area contributed by atoms with Crippen molar-refractivity contribution in [2.75, 3.05) is 60.0 Å². The number of thiol groups is 1. The molecule has 1 fully saturated rings. The fourth-order valence-corrected chi connectivity index (χ4v) is 13.3. The number of benzene rings is 5. The van der Waals surface area contributed by atoms with E-state index in [2.05, 4.69) is 48.5 Å². The topological polar surface area (TPSA) is 198 Å². The Bertz CT molecular complexity index is 3230. The van der Waals surface area contributed by atoms with Gasteiger partial charge in [-0.3, -0.25) is 43.6 Å². The number of anilines is 4. The van der Waals surface area contributed by atoms with Gasteiger partial charge in [-0.2, -0.15) is 12.6 Å². The van der Waals surface area contributed by atoms with E-state index in [9.17, 15) is 28.8 Å². The van der Waals surface area contributed by atoms with Crippen molar-refractivity contribution in [3.8, 4) is 23.0 Å². The zero-order chi connectivity index (χ0) is 54.7. The number of hydrogen-bond donors (Lipinski definition) is 4. The lowest BCUT2D eigenvalue weighted by molar-refractivity contribution is -0.138. The largest absolute Gasteiger partial charge is 0.493 e. The predicted molar refractivity (Wildman–Crippen MR) is 308 cm³/mol. The normalized spacial score (nSPS) is 18.0. The summed E-state index contributed by atoms with van der Waals surface area (Å²) < 4.78 is 24.3. The van der Waals surface area contributed by atoms with Gasteiger partial charge in [0.05, 0.1) is 54.1 Å². The van der Waals surface area contributed by atoms with Crippen LogP contribution >= 0.6 is 34.2 Å². The molecule has 5 aliphatic rings. The number of para-hydroxylation sites is 2. The van der Waals surface area contributed by atoms with E-state index < -0.39 is 5.25 Å². The van der Waals surface area contributed by atoms with E-state index in [4.69, 9.17) is 23.9 Å². The number of nitrogens with zero attached hydrogens (tertiary/aromatic N) is 4. The standard InChI is InChI=1S/C58H61N7O10S3/c1-58(2,78-77-19-9-14-52(66)59-17-18-63-54(68)29-51(76)57(63)71)16-15-53(67)62-38-21-34(32-74-49-27-43-41(25-47(49)72-3)55(69)64-39(30-60-43)23-36-10-5-7-12-45(36)64)20-35(22-38)33-75-50-28-44-42(26-48(50)73-4)56(70)65-40(31-61-44)24-37-11-6-8-13-46(37)65/h5-8,10-13,20-22,25-28,30,39-40,51,61,76H,9,14-19,23-24,29,31-33H2,1-4H3,(H,59,66)(H,62,67)/t39-,40-,51?/m0/s1. The van der Waals surface area contributed by atoms with E-state index in [0.29, 0.717) is 94.7 Å². The minimum Gasteiger partial charge on any atom is -0.493 e. The van der Waals surface area contributed by atoms with Crippen molar-refractivity contribution in [1.82, 2.24) is 10.2 Å². The number of ether oxygens (including phenoxy) is 4. The quantitative estimate of drug-likeness (QED) is 0.0235. The van der Waals surface area contributed by atoms with Crippen LogP contribution in [0.3, 0.4) is 0 Å². The van der Waals surface area contributed by atoms with E-state index in [1.165, 1.54) is 14.2 Å². The fourth-order valence-electron chi connectivity index (χ4n) is 10.4. The maximum absolute atomic E-state index is 14.1. The second-order valence-electron chi connectivity index (χ2n) is 20.4. The van der Waals surface area contributed by atoms with Crippen molar-refractivity contribution in [3.63, 3.8) is 0 Å². The lowest BCUT2D eigenvalue weighted by atomic mass is 10.1. The van der Waals surface area contributed by atoms with Gasteiger partial charge in [0.15, 0.2) is 23.0 Å². The molecule has 0 spiro atoms. The number of amides is 6. The maximum Gasteiger partial charge on any atom is 0.261 e. The Morgan fingerprint density at radius 1 is 0.769 bits per heavy atom. The van der Waals surface area contributed by atoms with Crippen LogP contribution in [0.25, 0.3) is 0 Å². The summed E-state index contributed by atoms with van der Waals surface area (Å²) in [6, 6.07) is 28.2. The molecule has 17 nitrogen and oxygen atoms in total. The smallest absolute Gasteiger partial charge is 0.261 e. The summed E-state index contributed by atoms with van der Waals surface area (Å²) in [7, 11) is 6.37. The van der Waals surface area contributed by atoms with Crippen molar-refractivity contribution in [1.29, 1.82) is 0 Å². The van der Waals surface area contributed by atoms with Crippen LogP contribution in [0.15, 0.2) is 96.0 Å². The SMILES string of the molecule is COc1cc2c(cc1OCc1cc(COc3cc4c(cc3OC)C(=O)N3c5ccccc5C[C@H]3CN4)cc(NC(=O)CCC(C)(C)SSCCCC(=O)NCCN3C(=O)CC(S)C3=O)c1)N=C[C@@H]1Cc3ccccc3N1C2=O. The van der Waals surface area contributed by atoms with Gasteiger partial charge in [0.1, 0.15) is 13.2 Å². The van der Waals surface area contributed by atoms with Gasteiger partial charge >= 0.3 is 0 Å². The van der Waals surface area contributed by atoms with Gasteiger partial charge in [0, 0.05) is 91.2 Å². The summed E-state index contributed by atoms with van der Waals surface area (Å²) in [5.41, 5.74) is 7.96. The number of imide groups is 1. The molecule has 406 valence electrons. The van der Waals surface area contributed by atoms with Crippen molar-refractivity contribution >= 4 is 104 Å². The number of likely N-dealkylation sites (tertiary alicyclic amines) is 1. The van der Waals surface area contributed by atoms with Gasteiger partial charge in [-0.15, -0.1) is 0 Å². The molecule has 0 saturated carbocycles. The summed E-state index contributed by atoms with van der Waals surface area (Å²) in [4.78, 5) is 88.1. The van der Waals surface area contributed by atoms with Gasteiger partial charge in [0.25, 0.3) is 11.8 Å². The summed E-state index contributed by atoms with van der Waals surface area (Å²) in [5, 5.41) is 8.77. The summed E-state index contributed by atoms with van der Waals surface area (Å²) in [6.07, 6.45) is 5.07. The molecule has 0 aromatic heterocycles.